The molecule has 0 radical (unpaired) electrons. The summed E-state index contributed by atoms with van der Waals surface area (Å²) in [7, 11) is 0. The number of carbonyl (C=O) groups is 1. The summed E-state index contributed by atoms with van der Waals surface area (Å²) in [5.74, 6) is -0.724. The van der Waals surface area contributed by atoms with Gasteiger partial charge in [-0.1, -0.05) is 13.3 Å². The second-order valence-electron chi connectivity index (χ2n) is 5.21. The monoisotopic (exact) mass is 250 g/mol. The van der Waals surface area contributed by atoms with E-state index in [4.69, 9.17) is 5.73 Å². The largest absolute Gasteiger partial charge is 0.399 e. The summed E-state index contributed by atoms with van der Waals surface area (Å²) in [6.45, 7) is 2.82. The van der Waals surface area contributed by atoms with E-state index < -0.39 is 5.82 Å². The molecule has 1 aromatic rings. The first-order valence-electron chi connectivity index (χ1n) is 6.39. The first-order valence-corrected chi connectivity index (χ1v) is 6.39. The van der Waals surface area contributed by atoms with E-state index in [9.17, 15) is 9.18 Å². The Bertz CT molecular complexity index is 435. The fourth-order valence-corrected chi connectivity index (χ4v) is 2.34. The zero-order valence-electron chi connectivity index (χ0n) is 10.6. The molecule has 4 heteroatoms. The van der Waals surface area contributed by atoms with Gasteiger partial charge in [0, 0.05) is 17.8 Å². The molecule has 0 aromatic heterocycles. The summed E-state index contributed by atoms with van der Waals surface area (Å²) < 4.78 is 13.1. The lowest BCUT2D eigenvalue weighted by Crippen LogP contribution is -2.30. The van der Waals surface area contributed by atoms with Crippen molar-refractivity contribution in [3.05, 3.63) is 29.6 Å². The molecule has 1 amide bonds. The Hall–Kier alpha value is -1.58. The maximum absolute atomic E-state index is 13.1. The second-order valence-corrected chi connectivity index (χ2v) is 5.21. The predicted molar refractivity (Wildman–Crippen MR) is 69.7 cm³/mol. The molecule has 2 rings (SSSR count). The molecule has 0 atom stereocenters. The minimum absolute atomic E-state index is 0.247. The van der Waals surface area contributed by atoms with E-state index in [0.29, 0.717) is 17.5 Å². The van der Waals surface area contributed by atoms with Crippen LogP contribution in [-0.4, -0.2) is 12.5 Å². The topological polar surface area (TPSA) is 55.1 Å². The molecule has 0 bridgehead atoms. The van der Waals surface area contributed by atoms with Gasteiger partial charge in [-0.25, -0.2) is 4.39 Å². The molecule has 1 fully saturated rings. The predicted octanol–water partition coefficient (Wildman–Crippen LogP) is 2.72. The Morgan fingerprint density at radius 2 is 2.17 bits per heavy atom. The van der Waals surface area contributed by atoms with Gasteiger partial charge in [-0.3, -0.25) is 4.79 Å². The molecule has 0 saturated heterocycles. The van der Waals surface area contributed by atoms with Gasteiger partial charge < -0.3 is 11.1 Å². The van der Waals surface area contributed by atoms with Crippen LogP contribution in [0.3, 0.4) is 0 Å². The van der Waals surface area contributed by atoms with Crippen molar-refractivity contribution in [1.82, 2.24) is 5.32 Å². The molecule has 0 unspecified atom stereocenters. The number of rotatable bonds is 5. The van der Waals surface area contributed by atoms with Crippen LogP contribution in [0, 0.1) is 11.2 Å². The van der Waals surface area contributed by atoms with Crippen LogP contribution in [0.5, 0.6) is 0 Å². The number of hydrogen-bond acceptors (Lipinski definition) is 2. The third-order valence-corrected chi connectivity index (χ3v) is 3.54. The lowest BCUT2D eigenvalue weighted by Gasteiger charge is -2.15. The van der Waals surface area contributed by atoms with Gasteiger partial charge in [0.2, 0.25) is 0 Å². The van der Waals surface area contributed by atoms with E-state index in [2.05, 4.69) is 12.2 Å². The van der Waals surface area contributed by atoms with E-state index in [1.807, 2.05) is 0 Å². The number of carbonyl (C=O) groups excluding carboxylic acids is 1. The Balaban J connectivity index is 1.95. The number of anilines is 1. The fourth-order valence-electron chi connectivity index (χ4n) is 2.34. The minimum atomic E-state index is -0.477. The highest BCUT2D eigenvalue weighted by Crippen LogP contribution is 2.48. The molecular formula is C14H19FN2O. The molecule has 3 nitrogen and oxygen atoms in total. The summed E-state index contributed by atoms with van der Waals surface area (Å²) in [6.07, 6.45) is 4.61. The number of benzene rings is 1. The number of nitrogen functional groups attached to an aromatic ring is 1. The molecule has 0 heterocycles. The Kier molecular flexibility index (Phi) is 3.55. The molecular weight excluding hydrogens is 231 g/mol. The van der Waals surface area contributed by atoms with Crippen molar-refractivity contribution in [2.45, 2.75) is 32.6 Å². The number of halogens is 1. The van der Waals surface area contributed by atoms with E-state index >= 15 is 0 Å². The lowest BCUT2D eigenvalue weighted by atomic mass is 10.0. The quantitative estimate of drug-likeness (QED) is 0.789. The molecule has 0 aliphatic heterocycles. The molecule has 18 heavy (non-hydrogen) atoms. The van der Waals surface area contributed by atoms with Crippen molar-refractivity contribution < 1.29 is 9.18 Å². The minimum Gasteiger partial charge on any atom is -0.399 e. The lowest BCUT2D eigenvalue weighted by molar-refractivity contribution is 0.0943. The average Bonchev–Trinajstić information content (AvgIpc) is 3.06. The zero-order valence-corrected chi connectivity index (χ0v) is 10.6. The second kappa shape index (κ2) is 4.96. The normalized spacial score (nSPS) is 16.3. The van der Waals surface area contributed by atoms with E-state index in [0.717, 1.165) is 12.8 Å². The molecule has 0 spiro atoms. The highest BCUT2D eigenvalue weighted by atomic mass is 19.1. The van der Waals surface area contributed by atoms with E-state index in [1.54, 1.807) is 0 Å². The number of hydrogen-bond donors (Lipinski definition) is 2. The molecule has 98 valence electrons. The zero-order chi connectivity index (χ0) is 13.2. The van der Waals surface area contributed by atoms with Gasteiger partial charge in [0.05, 0.1) is 0 Å². The van der Waals surface area contributed by atoms with Gasteiger partial charge in [0.15, 0.2) is 0 Å². The molecule has 1 saturated carbocycles. The summed E-state index contributed by atoms with van der Waals surface area (Å²) >= 11 is 0. The average molecular weight is 250 g/mol. The van der Waals surface area contributed by atoms with Crippen LogP contribution in [0.15, 0.2) is 18.2 Å². The van der Waals surface area contributed by atoms with Crippen molar-refractivity contribution in [2.75, 3.05) is 12.3 Å². The SMILES string of the molecule is CCCC1(CNC(=O)c2cc(N)cc(F)c2)CC1. The third kappa shape index (κ3) is 3.00. The number of nitrogens with one attached hydrogen (secondary N) is 1. The Morgan fingerprint density at radius 3 is 2.72 bits per heavy atom. The van der Waals surface area contributed by atoms with Crippen molar-refractivity contribution >= 4 is 11.6 Å². The fraction of sp³-hybridized carbons (Fsp3) is 0.500. The van der Waals surface area contributed by atoms with Crippen LogP contribution in [0.1, 0.15) is 43.0 Å². The number of nitrogens with two attached hydrogens (primary N) is 1. The van der Waals surface area contributed by atoms with Crippen LogP contribution in [-0.2, 0) is 0 Å². The Labute approximate surface area is 107 Å². The third-order valence-electron chi connectivity index (χ3n) is 3.54. The molecule has 1 aliphatic carbocycles. The van der Waals surface area contributed by atoms with Crippen LogP contribution in [0.25, 0.3) is 0 Å². The van der Waals surface area contributed by atoms with Crippen LogP contribution in [0.2, 0.25) is 0 Å². The highest BCUT2D eigenvalue weighted by Gasteiger charge is 2.41. The van der Waals surface area contributed by atoms with E-state index in [-0.39, 0.29) is 11.6 Å². The van der Waals surface area contributed by atoms with Gasteiger partial charge in [-0.15, -0.1) is 0 Å². The van der Waals surface area contributed by atoms with Crippen LogP contribution in [0.4, 0.5) is 10.1 Å². The van der Waals surface area contributed by atoms with Crippen molar-refractivity contribution in [3.8, 4) is 0 Å². The van der Waals surface area contributed by atoms with Crippen LogP contribution >= 0.6 is 0 Å². The van der Waals surface area contributed by atoms with Crippen molar-refractivity contribution in [1.29, 1.82) is 0 Å². The highest BCUT2D eigenvalue weighted by molar-refractivity contribution is 5.95. The van der Waals surface area contributed by atoms with Crippen LogP contribution < -0.4 is 11.1 Å². The van der Waals surface area contributed by atoms with E-state index in [1.165, 1.54) is 31.0 Å². The van der Waals surface area contributed by atoms with Gasteiger partial charge in [-0.05, 0) is 42.9 Å². The molecule has 1 aliphatic rings. The molecule has 1 aromatic carbocycles. The first kappa shape index (κ1) is 12.9. The maximum Gasteiger partial charge on any atom is 0.251 e. The Morgan fingerprint density at radius 1 is 1.44 bits per heavy atom. The summed E-state index contributed by atoms with van der Waals surface area (Å²) in [5, 5.41) is 2.88. The summed E-state index contributed by atoms with van der Waals surface area (Å²) in [6, 6.07) is 3.92. The van der Waals surface area contributed by atoms with Crippen molar-refractivity contribution in [2.24, 2.45) is 5.41 Å². The van der Waals surface area contributed by atoms with Gasteiger partial charge in [0.1, 0.15) is 5.82 Å². The van der Waals surface area contributed by atoms with Crippen molar-refractivity contribution in [3.63, 3.8) is 0 Å². The van der Waals surface area contributed by atoms with Gasteiger partial charge >= 0.3 is 0 Å². The maximum atomic E-state index is 13.1. The first-order chi connectivity index (χ1) is 8.54. The van der Waals surface area contributed by atoms with Gasteiger partial charge in [-0.2, -0.15) is 0 Å². The number of amides is 1. The smallest absolute Gasteiger partial charge is 0.251 e. The standard InChI is InChI=1S/C14H19FN2O/c1-2-3-14(4-5-14)9-17-13(18)10-6-11(15)8-12(16)7-10/h6-8H,2-5,9,16H2,1H3,(H,17,18). The summed E-state index contributed by atoms with van der Waals surface area (Å²) in [4.78, 5) is 11.9. The summed E-state index contributed by atoms with van der Waals surface area (Å²) in [5.41, 5.74) is 6.38. The van der Waals surface area contributed by atoms with Gasteiger partial charge in [0.25, 0.3) is 5.91 Å². The molecule has 3 N–H and O–H groups in total.